The molecule has 1 aromatic carbocycles. The molecule has 0 atom stereocenters. The second-order valence-electron chi connectivity index (χ2n) is 3.13. The standard InChI is InChI=1S/C9H8FN3OS/c1-5-2-3-6(10)4-7(5)13-8(14)11-12-9(13)15/h2-4H,1H3,(H,11,14)(H,12,15). The first-order chi connectivity index (χ1) is 7.09. The molecule has 1 aromatic heterocycles. The molecule has 78 valence electrons. The van der Waals surface area contributed by atoms with E-state index < -0.39 is 11.5 Å². The highest BCUT2D eigenvalue weighted by atomic mass is 32.1. The first-order valence-corrected chi connectivity index (χ1v) is 4.66. The average molecular weight is 225 g/mol. The van der Waals surface area contributed by atoms with Crippen LogP contribution in [-0.2, 0) is 0 Å². The molecule has 4 nitrogen and oxygen atoms in total. The second kappa shape index (κ2) is 3.47. The van der Waals surface area contributed by atoms with Crippen molar-refractivity contribution in [2.45, 2.75) is 6.92 Å². The van der Waals surface area contributed by atoms with Gasteiger partial charge in [0.25, 0.3) is 0 Å². The average Bonchev–Trinajstić information content (AvgIpc) is 2.51. The van der Waals surface area contributed by atoms with Crippen LogP contribution in [0.5, 0.6) is 0 Å². The van der Waals surface area contributed by atoms with Gasteiger partial charge >= 0.3 is 5.69 Å². The maximum atomic E-state index is 13.0. The largest absolute Gasteiger partial charge is 0.347 e. The molecule has 2 rings (SSSR count). The van der Waals surface area contributed by atoms with Gasteiger partial charge in [0, 0.05) is 0 Å². The zero-order valence-corrected chi connectivity index (χ0v) is 8.69. The molecule has 6 heteroatoms. The Morgan fingerprint density at radius 2 is 2.13 bits per heavy atom. The lowest BCUT2D eigenvalue weighted by Gasteiger charge is -2.04. The number of hydrogen-bond acceptors (Lipinski definition) is 2. The molecule has 0 saturated heterocycles. The molecule has 0 aliphatic carbocycles. The topological polar surface area (TPSA) is 53.6 Å². The third-order valence-electron chi connectivity index (χ3n) is 2.09. The Hall–Kier alpha value is -1.69. The fourth-order valence-electron chi connectivity index (χ4n) is 1.35. The van der Waals surface area contributed by atoms with E-state index in [-0.39, 0.29) is 4.77 Å². The van der Waals surface area contributed by atoms with Crippen molar-refractivity contribution in [3.8, 4) is 5.69 Å². The van der Waals surface area contributed by atoms with Crippen molar-refractivity contribution in [3.63, 3.8) is 0 Å². The lowest BCUT2D eigenvalue weighted by molar-refractivity contribution is 0.625. The predicted molar refractivity (Wildman–Crippen MR) is 56.3 cm³/mol. The summed E-state index contributed by atoms with van der Waals surface area (Å²) in [5.74, 6) is -0.405. The molecule has 0 saturated carbocycles. The van der Waals surface area contributed by atoms with Crippen LogP contribution in [0.3, 0.4) is 0 Å². The Kier molecular flexibility index (Phi) is 2.28. The van der Waals surface area contributed by atoms with E-state index in [0.717, 1.165) is 5.56 Å². The minimum atomic E-state index is -0.409. The van der Waals surface area contributed by atoms with Gasteiger partial charge < -0.3 is 0 Å². The molecule has 0 fully saturated rings. The third kappa shape index (κ3) is 1.63. The molecule has 0 spiro atoms. The van der Waals surface area contributed by atoms with Crippen molar-refractivity contribution >= 4 is 12.2 Å². The van der Waals surface area contributed by atoms with Crippen LogP contribution in [-0.4, -0.2) is 14.8 Å². The molecule has 0 aliphatic heterocycles. The minimum absolute atomic E-state index is 0.216. The summed E-state index contributed by atoms with van der Waals surface area (Å²) in [6.07, 6.45) is 0. The van der Waals surface area contributed by atoms with Gasteiger partial charge in [-0.2, -0.15) is 0 Å². The number of H-pyrrole nitrogens is 2. The third-order valence-corrected chi connectivity index (χ3v) is 2.38. The number of nitrogens with one attached hydrogen (secondary N) is 2. The highest BCUT2D eigenvalue weighted by Gasteiger charge is 2.07. The molecular weight excluding hydrogens is 217 g/mol. The highest BCUT2D eigenvalue weighted by molar-refractivity contribution is 7.71. The molecule has 1 heterocycles. The number of hydrogen-bond donors (Lipinski definition) is 2. The van der Waals surface area contributed by atoms with Gasteiger partial charge in [0.2, 0.25) is 4.77 Å². The van der Waals surface area contributed by atoms with Crippen LogP contribution in [0.4, 0.5) is 4.39 Å². The zero-order valence-electron chi connectivity index (χ0n) is 7.87. The van der Waals surface area contributed by atoms with Gasteiger partial charge in [0.15, 0.2) is 0 Å². The molecule has 0 amide bonds. The van der Waals surface area contributed by atoms with Crippen molar-refractivity contribution in [1.82, 2.24) is 14.8 Å². The first-order valence-electron chi connectivity index (χ1n) is 4.26. The van der Waals surface area contributed by atoms with Gasteiger partial charge in [-0.25, -0.2) is 18.9 Å². The summed E-state index contributed by atoms with van der Waals surface area (Å²) in [4.78, 5) is 11.4. The first kappa shape index (κ1) is 9.85. The Labute approximate surface area is 89.4 Å². The van der Waals surface area contributed by atoms with Gasteiger partial charge in [-0.05, 0) is 36.8 Å². The van der Waals surface area contributed by atoms with Crippen LogP contribution >= 0.6 is 12.2 Å². The van der Waals surface area contributed by atoms with Crippen LogP contribution in [0.2, 0.25) is 0 Å². The normalized spacial score (nSPS) is 10.5. The fraction of sp³-hybridized carbons (Fsp3) is 0.111. The number of aryl methyl sites for hydroxylation is 1. The summed E-state index contributed by atoms with van der Waals surface area (Å²) >= 11 is 4.91. The van der Waals surface area contributed by atoms with E-state index >= 15 is 0 Å². The Morgan fingerprint density at radius 3 is 2.73 bits per heavy atom. The summed E-state index contributed by atoms with van der Waals surface area (Å²) < 4.78 is 14.5. The lowest BCUT2D eigenvalue weighted by atomic mass is 10.2. The molecule has 0 unspecified atom stereocenters. The summed E-state index contributed by atoms with van der Waals surface area (Å²) in [5.41, 5.74) is 0.814. The smallest absolute Gasteiger partial charge is 0.272 e. The van der Waals surface area contributed by atoms with E-state index in [1.165, 1.54) is 16.7 Å². The monoisotopic (exact) mass is 225 g/mol. The number of halogens is 1. The van der Waals surface area contributed by atoms with Crippen LogP contribution in [0.15, 0.2) is 23.0 Å². The van der Waals surface area contributed by atoms with Gasteiger partial charge in [-0.1, -0.05) is 6.07 Å². The molecule has 0 aliphatic rings. The van der Waals surface area contributed by atoms with E-state index in [0.29, 0.717) is 5.69 Å². The summed E-state index contributed by atoms with van der Waals surface area (Å²) in [6.45, 7) is 1.78. The van der Waals surface area contributed by atoms with Crippen LogP contribution in [0, 0.1) is 17.5 Å². The van der Waals surface area contributed by atoms with E-state index in [1.807, 2.05) is 0 Å². The van der Waals surface area contributed by atoms with E-state index in [4.69, 9.17) is 12.2 Å². The predicted octanol–water partition coefficient (Wildman–Crippen LogP) is 1.67. The van der Waals surface area contributed by atoms with Gasteiger partial charge in [-0.15, -0.1) is 0 Å². The van der Waals surface area contributed by atoms with E-state index in [1.54, 1.807) is 13.0 Å². The van der Waals surface area contributed by atoms with Crippen molar-refractivity contribution in [2.75, 3.05) is 0 Å². The quantitative estimate of drug-likeness (QED) is 0.725. The SMILES string of the molecule is Cc1ccc(F)cc1-n1c(=O)[nH][nH]c1=S. The van der Waals surface area contributed by atoms with Crippen LogP contribution in [0.1, 0.15) is 5.56 Å². The van der Waals surface area contributed by atoms with Crippen molar-refractivity contribution < 1.29 is 4.39 Å². The van der Waals surface area contributed by atoms with E-state index in [2.05, 4.69) is 10.2 Å². The molecule has 15 heavy (non-hydrogen) atoms. The Balaban J connectivity index is 2.79. The van der Waals surface area contributed by atoms with Crippen LogP contribution < -0.4 is 5.69 Å². The lowest BCUT2D eigenvalue weighted by Crippen LogP contribution is -2.16. The van der Waals surface area contributed by atoms with Crippen LogP contribution in [0.25, 0.3) is 5.69 Å². The molecule has 0 radical (unpaired) electrons. The van der Waals surface area contributed by atoms with Crippen molar-refractivity contribution in [2.24, 2.45) is 0 Å². The number of rotatable bonds is 1. The van der Waals surface area contributed by atoms with Gasteiger partial charge in [0.1, 0.15) is 5.82 Å². The molecule has 2 aromatic rings. The molecular formula is C9H8FN3OS. The summed E-state index contributed by atoms with van der Waals surface area (Å²) in [5, 5.41) is 4.84. The summed E-state index contributed by atoms with van der Waals surface area (Å²) in [7, 11) is 0. The number of aromatic amines is 2. The summed E-state index contributed by atoms with van der Waals surface area (Å²) in [6, 6.07) is 4.20. The molecule has 2 N–H and O–H groups in total. The van der Waals surface area contributed by atoms with Gasteiger partial charge in [-0.3, -0.25) is 5.10 Å². The maximum Gasteiger partial charge on any atom is 0.347 e. The zero-order chi connectivity index (χ0) is 11.0. The van der Waals surface area contributed by atoms with E-state index in [9.17, 15) is 9.18 Å². The molecule has 0 bridgehead atoms. The maximum absolute atomic E-state index is 13.0. The fourth-order valence-corrected chi connectivity index (χ4v) is 1.59. The Morgan fingerprint density at radius 1 is 1.40 bits per heavy atom. The number of benzene rings is 1. The van der Waals surface area contributed by atoms with Gasteiger partial charge in [0.05, 0.1) is 5.69 Å². The number of nitrogens with zero attached hydrogens (tertiary/aromatic N) is 1. The second-order valence-corrected chi connectivity index (χ2v) is 3.51. The van der Waals surface area contributed by atoms with Crippen molar-refractivity contribution in [1.29, 1.82) is 0 Å². The minimum Gasteiger partial charge on any atom is -0.272 e. The Bertz CT molecular complexity index is 583. The highest BCUT2D eigenvalue weighted by Crippen LogP contribution is 2.13. The number of aromatic nitrogens is 3. The van der Waals surface area contributed by atoms with Crippen molar-refractivity contribution in [3.05, 3.63) is 44.8 Å².